The highest BCUT2D eigenvalue weighted by Crippen LogP contribution is 2.20. The van der Waals surface area contributed by atoms with Gasteiger partial charge in [0.2, 0.25) is 5.91 Å². The number of amides is 1. The first kappa shape index (κ1) is 12.4. The maximum Gasteiger partial charge on any atom is 0.298 e. The molecule has 0 aliphatic rings. The van der Waals surface area contributed by atoms with Crippen molar-refractivity contribution in [3.05, 3.63) is 24.3 Å². The van der Waals surface area contributed by atoms with Gasteiger partial charge in [-0.15, -0.1) is 0 Å². The second-order valence-corrected chi connectivity index (χ2v) is 4.17. The quantitative estimate of drug-likeness (QED) is 0.875. The number of nitrogens with zero attached hydrogens (tertiary/aromatic N) is 2. The molecule has 1 aromatic heterocycles. The van der Waals surface area contributed by atoms with Crippen LogP contribution >= 0.6 is 0 Å². The van der Waals surface area contributed by atoms with Gasteiger partial charge < -0.3 is 14.6 Å². The van der Waals surface area contributed by atoms with Crippen LogP contribution < -0.4 is 10.2 Å². The number of aromatic nitrogens is 1. The van der Waals surface area contributed by atoms with Crippen LogP contribution in [-0.4, -0.2) is 31.0 Å². The highest BCUT2D eigenvalue weighted by molar-refractivity contribution is 5.81. The predicted octanol–water partition coefficient (Wildman–Crippen LogP) is 1.79. The largest absolute Gasteiger partial charge is 0.423 e. The number of fused-ring (bicyclic) bond motifs is 1. The molecule has 0 fully saturated rings. The van der Waals surface area contributed by atoms with Gasteiger partial charge in [0.25, 0.3) is 6.01 Å². The SMILES string of the molecule is CCCNC(=O)CN(C)c1nc2ccccc2o1. The van der Waals surface area contributed by atoms with E-state index in [0.29, 0.717) is 12.6 Å². The number of benzene rings is 1. The molecule has 0 spiro atoms. The Morgan fingerprint density at radius 3 is 2.94 bits per heavy atom. The normalized spacial score (nSPS) is 10.6. The van der Waals surface area contributed by atoms with E-state index in [0.717, 1.165) is 17.5 Å². The van der Waals surface area contributed by atoms with E-state index in [1.165, 1.54) is 0 Å². The van der Waals surface area contributed by atoms with Crippen molar-refractivity contribution >= 4 is 23.0 Å². The van der Waals surface area contributed by atoms with Gasteiger partial charge in [-0.25, -0.2) is 0 Å². The number of hydrogen-bond acceptors (Lipinski definition) is 4. The minimum absolute atomic E-state index is 0.0263. The topological polar surface area (TPSA) is 58.4 Å². The van der Waals surface area contributed by atoms with E-state index in [4.69, 9.17) is 4.42 Å². The van der Waals surface area contributed by atoms with Gasteiger partial charge in [-0.05, 0) is 18.6 Å². The molecular formula is C13H17N3O2. The van der Waals surface area contributed by atoms with Gasteiger partial charge in [0, 0.05) is 13.6 Å². The Morgan fingerprint density at radius 2 is 2.22 bits per heavy atom. The number of hydrogen-bond donors (Lipinski definition) is 1. The van der Waals surface area contributed by atoms with Crippen molar-refractivity contribution in [3.63, 3.8) is 0 Å². The Labute approximate surface area is 106 Å². The van der Waals surface area contributed by atoms with Crippen LogP contribution in [0.4, 0.5) is 6.01 Å². The van der Waals surface area contributed by atoms with Gasteiger partial charge in [-0.2, -0.15) is 4.98 Å². The number of para-hydroxylation sites is 2. The molecular weight excluding hydrogens is 230 g/mol. The third-order valence-corrected chi connectivity index (χ3v) is 2.56. The number of likely N-dealkylation sites (N-methyl/N-ethyl adjacent to an activating group) is 1. The third-order valence-electron chi connectivity index (χ3n) is 2.56. The van der Waals surface area contributed by atoms with Crippen molar-refractivity contribution < 1.29 is 9.21 Å². The number of anilines is 1. The van der Waals surface area contributed by atoms with Crippen molar-refractivity contribution in [2.75, 3.05) is 25.0 Å². The molecule has 2 aromatic rings. The first-order chi connectivity index (χ1) is 8.70. The summed E-state index contributed by atoms with van der Waals surface area (Å²) in [5.74, 6) is -0.0263. The zero-order valence-corrected chi connectivity index (χ0v) is 10.6. The van der Waals surface area contributed by atoms with Crippen LogP contribution in [0, 0.1) is 0 Å². The van der Waals surface area contributed by atoms with E-state index in [-0.39, 0.29) is 12.5 Å². The molecule has 96 valence electrons. The lowest BCUT2D eigenvalue weighted by atomic mass is 10.3. The molecule has 2 rings (SSSR count). The van der Waals surface area contributed by atoms with Gasteiger partial charge in [0.1, 0.15) is 12.1 Å². The standard InChI is InChI=1S/C13H17N3O2/c1-3-8-14-12(17)9-16(2)13-15-10-6-4-5-7-11(10)18-13/h4-7H,3,8-9H2,1-2H3,(H,14,17). The molecule has 0 bridgehead atoms. The molecule has 0 saturated carbocycles. The average Bonchev–Trinajstić information content (AvgIpc) is 2.80. The third kappa shape index (κ3) is 2.80. The van der Waals surface area contributed by atoms with Crippen molar-refractivity contribution in [1.82, 2.24) is 10.3 Å². The molecule has 0 saturated heterocycles. The summed E-state index contributed by atoms with van der Waals surface area (Å²) in [4.78, 5) is 17.6. The van der Waals surface area contributed by atoms with E-state index < -0.39 is 0 Å². The van der Waals surface area contributed by atoms with Crippen LogP contribution in [0.15, 0.2) is 28.7 Å². The molecule has 5 nitrogen and oxygen atoms in total. The second-order valence-electron chi connectivity index (χ2n) is 4.17. The van der Waals surface area contributed by atoms with E-state index in [1.807, 2.05) is 31.2 Å². The first-order valence-electron chi connectivity index (χ1n) is 6.04. The zero-order valence-electron chi connectivity index (χ0n) is 10.6. The predicted molar refractivity (Wildman–Crippen MR) is 70.6 cm³/mol. The number of carbonyl (C=O) groups is 1. The fraction of sp³-hybridized carbons (Fsp3) is 0.385. The van der Waals surface area contributed by atoms with E-state index >= 15 is 0 Å². The van der Waals surface area contributed by atoms with Crippen LogP contribution in [0.1, 0.15) is 13.3 Å². The Kier molecular flexibility index (Phi) is 3.82. The molecule has 0 unspecified atom stereocenters. The van der Waals surface area contributed by atoms with Crippen molar-refractivity contribution in [2.45, 2.75) is 13.3 Å². The summed E-state index contributed by atoms with van der Waals surface area (Å²) in [5, 5.41) is 2.82. The zero-order chi connectivity index (χ0) is 13.0. The number of carbonyl (C=O) groups excluding carboxylic acids is 1. The molecule has 1 amide bonds. The van der Waals surface area contributed by atoms with E-state index in [2.05, 4.69) is 10.3 Å². The highest BCUT2D eigenvalue weighted by Gasteiger charge is 2.12. The molecule has 0 atom stereocenters. The molecule has 0 radical (unpaired) electrons. The molecule has 0 aliphatic carbocycles. The molecule has 1 N–H and O–H groups in total. The molecule has 5 heteroatoms. The fourth-order valence-electron chi connectivity index (χ4n) is 1.63. The summed E-state index contributed by atoms with van der Waals surface area (Å²) in [5.41, 5.74) is 1.53. The van der Waals surface area contributed by atoms with Gasteiger partial charge in [0.05, 0.1) is 0 Å². The van der Waals surface area contributed by atoms with Crippen LogP contribution in [-0.2, 0) is 4.79 Å². The average molecular weight is 247 g/mol. The van der Waals surface area contributed by atoms with Crippen molar-refractivity contribution in [2.24, 2.45) is 0 Å². The van der Waals surface area contributed by atoms with Crippen molar-refractivity contribution in [1.29, 1.82) is 0 Å². The minimum atomic E-state index is -0.0263. The van der Waals surface area contributed by atoms with Crippen LogP contribution in [0.2, 0.25) is 0 Å². The lowest BCUT2D eigenvalue weighted by Crippen LogP contribution is -2.35. The summed E-state index contributed by atoms with van der Waals surface area (Å²) >= 11 is 0. The lowest BCUT2D eigenvalue weighted by Gasteiger charge is -2.13. The summed E-state index contributed by atoms with van der Waals surface area (Å²) in [6.07, 6.45) is 0.929. The Bertz CT molecular complexity index is 503. The number of rotatable bonds is 5. The van der Waals surface area contributed by atoms with Crippen LogP contribution in [0.3, 0.4) is 0 Å². The lowest BCUT2D eigenvalue weighted by molar-refractivity contribution is -0.119. The van der Waals surface area contributed by atoms with Gasteiger partial charge in [-0.3, -0.25) is 4.79 Å². The summed E-state index contributed by atoms with van der Waals surface area (Å²) < 4.78 is 5.57. The van der Waals surface area contributed by atoms with Crippen LogP contribution in [0.25, 0.3) is 11.1 Å². The second kappa shape index (κ2) is 5.53. The smallest absolute Gasteiger partial charge is 0.298 e. The maximum atomic E-state index is 11.6. The monoisotopic (exact) mass is 247 g/mol. The molecule has 1 heterocycles. The van der Waals surface area contributed by atoms with E-state index in [1.54, 1.807) is 11.9 Å². The minimum Gasteiger partial charge on any atom is -0.423 e. The van der Waals surface area contributed by atoms with Gasteiger partial charge >= 0.3 is 0 Å². The number of nitrogens with one attached hydrogen (secondary N) is 1. The summed E-state index contributed by atoms with van der Waals surface area (Å²) in [7, 11) is 1.79. The Hall–Kier alpha value is -2.04. The molecule has 0 aliphatic heterocycles. The summed E-state index contributed by atoms with van der Waals surface area (Å²) in [6.45, 7) is 2.96. The fourth-order valence-corrected chi connectivity index (χ4v) is 1.63. The molecule has 18 heavy (non-hydrogen) atoms. The van der Waals surface area contributed by atoms with Crippen molar-refractivity contribution in [3.8, 4) is 0 Å². The van der Waals surface area contributed by atoms with Gasteiger partial charge in [0.15, 0.2) is 5.58 Å². The van der Waals surface area contributed by atoms with E-state index in [9.17, 15) is 4.79 Å². The highest BCUT2D eigenvalue weighted by atomic mass is 16.4. The maximum absolute atomic E-state index is 11.6. The Balaban J connectivity index is 2.04. The first-order valence-corrected chi connectivity index (χ1v) is 6.04. The van der Waals surface area contributed by atoms with Crippen LogP contribution in [0.5, 0.6) is 0 Å². The number of oxazole rings is 1. The summed E-state index contributed by atoms with van der Waals surface area (Å²) in [6, 6.07) is 8.00. The van der Waals surface area contributed by atoms with Gasteiger partial charge in [-0.1, -0.05) is 19.1 Å². The molecule has 1 aromatic carbocycles. The Morgan fingerprint density at radius 1 is 1.44 bits per heavy atom.